The van der Waals surface area contributed by atoms with E-state index in [1.165, 1.54) is 36.4 Å². The van der Waals surface area contributed by atoms with Crippen LogP contribution in [0, 0.1) is 10.1 Å². The van der Waals surface area contributed by atoms with Crippen LogP contribution in [0.1, 0.15) is 11.1 Å². The van der Waals surface area contributed by atoms with Crippen molar-refractivity contribution in [1.82, 2.24) is 10.2 Å². The molecule has 160 valence electrons. The lowest BCUT2D eigenvalue weighted by molar-refractivity contribution is -0.384. The fourth-order valence-electron chi connectivity index (χ4n) is 2.78. The standard InChI is InChI=1S/C19H13F3N4O5/c20-19(21,22)13-6-1-2-7-14(13)23-16(27)10-25-17(28)15(24-18(25)29)9-11-4-3-5-12(8-11)26(30)31/h1-9H,10H2,(H,23,27)(H,24,29)/b15-9-. The average molecular weight is 434 g/mol. The van der Waals surface area contributed by atoms with Crippen LogP contribution in [0.25, 0.3) is 6.08 Å². The van der Waals surface area contributed by atoms with Crippen molar-refractivity contribution in [3.63, 3.8) is 0 Å². The highest BCUT2D eigenvalue weighted by Crippen LogP contribution is 2.34. The van der Waals surface area contributed by atoms with Gasteiger partial charge in [0, 0.05) is 12.1 Å². The van der Waals surface area contributed by atoms with Gasteiger partial charge in [0.1, 0.15) is 12.2 Å². The molecule has 0 aliphatic carbocycles. The lowest BCUT2D eigenvalue weighted by atomic mass is 10.1. The van der Waals surface area contributed by atoms with Gasteiger partial charge in [-0.25, -0.2) is 9.69 Å². The van der Waals surface area contributed by atoms with Crippen LogP contribution in [0.2, 0.25) is 0 Å². The van der Waals surface area contributed by atoms with Crippen molar-refractivity contribution in [2.24, 2.45) is 0 Å². The van der Waals surface area contributed by atoms with E-state index in [2.05, 4.69) is 5.32 Å². The zero-order chi connectivity index (χ0) is 22.8. The van der Waals surface area contributed by atoms with Gasteiger partial charge in [0.15, 0.2) is 0 Å². The van der Waals surface area contributed by atoms with Crippen molar-refractivity contribution in [3.8, 4) is 0 Å². The number of amides is 4. The Morgan fingerprint density at radius 3 is 2.55 bits per heavy atom. The number of nitrogens with one attached hydrogen (secondary N) is 2. The number of hydrogen-bond donors (Lipinski definition) is 2. The molecule has 0 saturated carbocycles. The van der Waals surface area contributed by atoms with Crippen molar-refractivity contribution in [3.05, 3.63) is 75.5 Å². The number of nitro groups is 1. The minimum Gasteiger partial charge on any atom is -0.324 e. The molecular formula is C19H13F3N4O5. The van der Waals surface area contributed by atoms with Crippen molar-refractivity contribution in [1.29, 1.82) is 0 Å². The monoisotopic (exact) mass is 434 g/mol. The molecule has 2 aromatic carbocycles. The minimum absolute atomic E-state index is 0.231. The topological polar surface area (TPSA) is 122 Å². The molecule has 0 aromatic heterocycles. The molecule has 12 heteroatoms. The second kappa shape index (κ2) is 8.26. The number of benzene rings is 2. The van der Waals surface area contributed by atoms with E-state index >= 15 is 0 Å². The number of nitrogens with zero attached hydrogens (tertiary/aromatic N) is 2. The number of urea groups is 1. The van der Waals surface area contributed by atoms with E-state index in [-0.39, 0.29) is 16.9 Å². The highest BCUT2D eigenvalue weighted by atomic mass is 19.4. The summed E-state index contributed by atoms with van der Waals surface area (Å²) in [5.74, 6) is -1.92. The summed E-state index contributed by atoms with van der Waals surface area (Å²) in [5, 5.41) is 15.1. The Kier molecular flexibility index (Phi) is 5.72. The van der Waals surface area contributed by atoms with Crippen molar-refractivity contribution >= 4 is 35.3 Å². The lowest BCUT2D eigenvalue weighted by Gasteiger charge is -2.15. The third kappa shape index (κ3) is 4.86. The number of para-hydroxylation sites is 1. The summed E-state index contributed by atoms with van der Waals surface area (Å²) >= 11 is 0. The van der Waals surface area contributed by atoms with Gasteiger partial charge in [-0.05, 0) is 23.8 Å². The van der Waals surface area contributed by atoms with Crippen LogP contribution in [0.3, 0.4) is 0 Å². The van der Waals surface area contributed by atoms with Crippen molar-refractivity contribution in [2.45, 2.75) is 6.18 Å². The van der Waals surface area contributed by atoms with Gasteiger partial charge in [-0.1, -0.05) is 24.3 Å². The summed E-state index contributed by atoms with van der Waals surface area (Å²) in [7, 11) is 0. The Hall–Kier alpha value is -4.22. The van der Waals surface area contributed by atoms with Gasteiger partial charge < -0.3 is 10.6 Å². The molecule has 0 spiro atoms. The fraction of sp³-hybridized carbons (Fsp3) is 0.105. The van der Waals surface area contributed by atoms with E-state index in [1.54, 1.807) is 0 Å². The quantitative estimate of drug-likeness (QED) is 0.324. The van der Waals surface area contributed by atoms with Crippen LogP contribution in [0.5, 0.6) is 0 Å². The van der Waals surface area contributed by atoms with Gasteiger partial charge in [0.25, 0.3) is 11.6 Å². The van der Waals surface area contributed by atoms with E-state index in [0.29, 0.717) is 4.90 Å². The highest BCUT2D eigenvalue weighted by molar-refractivity contribution is 6.16. The minimum atomic E-state index is -4.71. The summed E-state index contributed by atoms with van der Waals surface area (Å²) in [5.41, 5.74) is -1.81. The maximum Gasteiger partial charge on any atom is 0.418 e. The first-order chi connectivity index (χ1) is 14.6. The summed E-state index contributed by atoms with van der Waals surface area (Å²) in [6, 6.07) is 8.57. The maximum absolute atomic E-state index is 13.0. The van der Waals surface area contributed by atoms with E-state index < -0.39 is 46.7 Å². The molecule has 31 heavy (non-hydrogen) atoms. The molecule has 1 aliphatic rings. The second-order valence-electron chi connectivity index (χ2n) is 6.32. The Bertz CT molecular complexity index is 1110. The summed E-state index contributed by atoms with van der Waals surface area (Å²) in [4.78, 5) is 47.4. The zero-order valence-electron chi connectivity index (χ0n) is 15.5. The molecule has 1 heterocycles. The first kappa shape index (κ1) is 21.5. The Morgan fingerprint density at radius 2 is 1.87 bits per heavy atom. The molecule has 1 fully saturated rings. The molecule has 0 unspecified atom stereocenters. The molecule has 0 atom stereocenters. The fourth-order valence-corrected chi connectivity index (χ4v) is 2.78. The van der Waals surface area contributed by atoms with Gasteiger partial charge in [-0.2, -0.15) is 13.2 Å². The molecule has 2 aromatic rings. The number of rotatable bonds is 5. The van der Waals surface area contributed by atoms with Gasteiger partial charge >= 0.3 is 12.2 Å². The predicted octanol–water partition coefficient (Wildman–Crippen LogP) is 3.15. The summed E-state index contributed by atoms with van der Waals surface area (Å²) in [6.07, 6.45) is -3.52. The predicted molar refractivity (Wildman–Crippen MR) is 101 cm³/mol. The molecular weight excluding hydrogens is 421 g/mol. The number of anilines is 1. The van der Waals surface area contributed by atoms with Gasteiger partial charge in [0.05, 0.1) is 16.2 Å². The molecule has 3 rings (SSSR count). The number of carbonyl (C=O) groups excluding carboxylic acids is 3. The van der Waals surface area contributed by atoms with Crippen LogP contribution >= 0.6 is 0 Å². The summed E-state index contributed by atoms with van der Waals surface area (Å²) in [6.45, 7) is -0.830. The molecule has 2 N–H and O–H groups in total. The zero-order valence-corrected chi connectivity index (χ0v) is 15.5. The molecule has 1 aliphatic heterocycles. The third-order valence-corrected chi connectivity index (χ3v) is 4.16. The van der Waals surface area contributed by atoms with Gasteiger partial charge in [-0.3, -0.25) is 19.7 Å². The van der Waals surface area contributed by atoms with Crippen molar-refractivity contribution < 1.29 is 32.5 Å². The number of hydrogen-bond acceptors (Lipinski definition) is 5. The number of nitro benzene ring substituents is 1. The molecule has 4 amide bonds. The SMILES string of the molecule is O=C(CN1C(=O)N/C(=C\c2cccc([N+](=O)[O-])c2)C1=O)Nc1ccccc1C(F)(F)F. The van der Waals surface area contributed by atoms with Gasteiger partial charge in [-0.15, -0.1) is 0 Å². The first-order valence-corrected chi connectivity index (χ1v) is 8.61. The third-order valence-electron chi connectivity index (χ3n) is 4.16. The lowest BCUT2D eigenvalue weighted by Crippen LogP contribution is -2.38. The maximum atomic E-state index is 13.0. The number of alkyl halides is 3. The van der Waals surface area contributed by atoms with E-state index in [1.807, 2.05) is 5.32 Å². The van der Waals surface area contributed by atoms with E-state index in [0.717, 1.165) is 18.2 Å². The highest BCUT2D eigenvalue weighted by Gasteiger charge is 2.36. The smallest absolute Gasteiger partial charge is 0.324 e. The number of carbonyl (C=O) groups is 3. The van der Waals surface area contributed by atoms with Crippen molar-refractivity contribution in [2.75, 3.05) is 11.9 Å². The number of imide groups is 1. The average Bonchev–Trinajstić information content (AvgIpc) is 2.95. The molecule has 9 nitrogen and oxygen atoms in total. The van der Waals surface area contributed by atoms with Crippen LogP contribution in [-0.2, 0) is 15.8 Å². The van der Waals surface area contributed by atoms with Crippen LogP contribution < -0.4 is 10.6 Å². The van der Waals surface area contributed by atoms with Crippen LogP contribution in [0.4, 0.5) is 29.3 Å². The van der Waals surface area contributed by atoms with Gasteiger partial charge in [0.2, 0.25) is 5.91 Å². The number of non-ortho nitro benzene ring substituents is 1. The first-order valence-electron chi connectivity index (χ1n) is 8.61. The Labute approximate surface area is 172 Å². The second-order valence-corrected chi connectivity index (χ2v) is 6.32. The van der Waals surface area contributed by atoms with Crippen LogP contribution in [-0.4, -0.2) is 34.2 Å². The molecule has 0 radical (unpaired) electrons. The number of halogens is 3. The van der Waals surface area contributed by atoms with Crippen LogP contribution in [0.15, 0.2) is 54.2 Å². The van der Waals surface area contributed by atoms with E-state index in [4.69, 9.17) is 0 Å². The summed E-state index contributed by atoms with van der Waals surface area (Å²) < 4.78 is 39.1. The Morgan fingerprint density at radius 1 is 1.16 bits per heavy atom. The molecule has 1 saturated heterocycles. The molecule has 0 bridgehead atoms. The Balaban J connectivity index is 1.74. The largest absolute Gasteiger partial charge is 0.418 e. The van der Waals surface area contributed by atoms with E-state index in [9.17, 15) is 37.7 Å². The normalized spacial score (nSPS) is 15.2.